The highest BCUT2D eigenvalue weighted by molar-refractivity contribution is 8.14. The maximum absolute atomic E-state index is 12.2. The van der Waals surface area contributed by atoms with Gasteiger partial charge in [-0.05, 0) is 12.8 Å². The monoisotopic (exact) mass is 236 g/mol. The van der Waals surface area contributed by atoms with Crippen molar-refractivity contribution in [3.8, 4) is 0 Å². The van der Waals surface area contributed by atoms with E-state index in [0.29, 0.717) is 6.42 Å². The van der Waals surface area contributed by atoms with E-state index in [-0.39, 0.29) is 24.0 Å². The number of alkyl halides is 2. The van der Waals surface area contributed by atoms with Crippen LogP contribution in [0.5, 0.6) is 0 Å². The summed E-state index contributed by atoms with van der Waals surface area (Å²) in [7, 11) is 1.71. The Balaban J connectivity index is 1.89. The molecule has 2 saturated heterocycles. The molecule has 0 unspecified atom stereocenters. The Labute approximate surface area is 91.7 Å². The SMILES string of the molecule is CN=C1N[C@@H]2CC[C@H](CC(F)F)O[C@@H]2S1. The molecule has 2 fully saturated rings. The van der Waals surface area contributed by atoms with Crippen LogP contribution >= 0.6 is 11.8 Å². The third kappa shape index (κ3) is 2.60. The number of aliphatic imine (C=N–C) groups is 1. The second kappa shape index (κ2) is 4.65. The number of halogens is 2. The molecule has 6 heteroatoms. The summed E-state index contributed by atoms with van der Waals surface area (Å²) < 4.78 is 30.0. The van der Waals surface area contributed by atoms with Gasteiger partial charge in [0.05, 0.1) is 12.1 Å². The van der Waals surface area contributed by atoms with Gasteiger partial charge >= 0.3 is 0 Å². The Kier molecular flexibility index (Phi) is 3.45. The van der Waals surface area contributed by atoms with E-state index in [1.807, 2.05) is 0 Å². The zero-order chi connectivity index (χ0) is 10.8. The van der Waals surface area contributed by atoms with Crippen LogP contribution in [-0.4, -0.2) is 36.2 Å². The van der Waals surface area contributed by atoms with E-state index in [1.165, 1.54) is 11.8 Å². The number of thioether (sulfide) groups is 1. The van der Waals surface area contributed by atoms with Crippen LogP contribution < -0.4 is 5.32 Å². The molecule has 15 heavy (non-hydrogen) atoms. The first-order valence-corrected chi connectivity index (χ1v) is 5.90. The fraction of sp³-hybridized carbons (Fsp3) is 0.889. The molecule has 0 amide bonds. The van der Waals surface area contributed by atoms with Crippen molar-refractivity contribution < 1.29 is 13.5 Å². The average Bonchev–Trinajstić information content (AvgIpc) is 2.58. The number of nitrogens with one attached hydrogen (secondary N) is 1. The maximum atomic E-state index is 12.2. The van der Waals surface area contributed by atoms with Crippen LogP contribution in [0, 0.1) is 0 Å². The first-order valence-electron chi connectivity index (χ1n) is 5.02. The highest BCUT2D eigenvalue weighted by Gasteiger charge is 2.38. The van der Waals surface area contributed by atoms with Gasteiger partial charge in [0.1, 0.15) is 5.44 Å². The molecule has 0 radical (unpaired) electrons. The van der Waals surface area contributed by atoms with Crippen LogP contribution in [0.3, 0.4) is 0 Å². The van der Waals surface area contributed by atoms with Crippen LogP contribution in [0.2, 0.25) is 0 Å². The summed E-state index contributed by atoms with van der Waals surface area (Å²) in [5, 5.41) is 4.07. The third-order valence-corrected chi connectivity index (χ3v) is 3.83. The lowest BCUT2D eigenvalue weighted by Crippen LogP contribution is -2.40. The molecular weight excluding hydrogens is 222 g/mol. The zero-order valence-corrected chi connectivity index (χ0v) is 9.27. The fourth-order valence-corrected chi connectivity index (χ4v) is 3.02. The van der Waals surface area contributed by atoms with Gasteiger partial charge < -0.3 is 10.1 Å². The molecule has 0 aromatic heterocycles. The summed E-state index contributed by atoms with van der Waals surface area (Å²) in [5.74, 6) is 0. The van der Waals surface area contributed by atoms with Gasteiger partial charge in [-0.1, -0.05) is 11.8 Å². The summed E-state index contributed by atoms with van der Waals surface area (Å²) in [6.45, 7) is 0. The molecule has 86 valence electrons. The van der Waals surface area contributed by atoms with E-state index in [2.05, 4.69) is 10.3 Å². The molecule has 2 aliphatic rings. The van der Waals surface area contributed by atoms with Crippen LogP contribution in [-0.2, 0) is 4.74 Å². The number of hydrogen-bond acceptors (Lipinski definition) is 3. The second-order valence-corrected chi connectivity index (χ2v) is 4.82. The van der Waals surface area contributed by atoms with Crippen molar-refractivity contribution in [1.82, 2.24) is 5.32 Å². The van der Waals surface area contributed by atoms with Crippen LogP contribution in [0.15, 0.2) is 4.99 Å². The number of nitrogens with zero attached hydrogens (tertiary/aromatic N) is 1. The van der Waals surface area contributed by atoms with E-state index in [9.17, 15) is 8.78 Å². The Bertz CT molecular complexity index is 262. The topological polar surface area (TPSA) is 33.6 Å². The molecule has 1 N–H and O–H groups in total. The minimum Gasteiger partial charge on any atom is -0.362 e. The molecule has 0 aliphatic carbocycles. The number of fused-ring (bicyclic) bond motifs is 1. The van der Waals surface area contributed by atoms with Gasteiger partial charge in [-0.3, -0.25) is 4.99 Å². The quantitative estimate of drug-likeness (QED) is 0.794. The lowest BCUT2D eigenvalue weighted by atomic mass is 10.0. The molecule has 2 heterocycles. The van der Waals surface area contributed by atoms with Crippen LogP contribution in [0.1, 0.15) is 19.3 Å². The summed E-state index contributed by atoms with van der Waals surface area (Å²) in [4.78, 5) is 4.04. The van der Waals surface area contributed by atoms with E-state index < -0.39 is 6.43 Å². The first kappa shape index (κ1) is 11.1. The molecular formula is C9H14F2N2OS. The van der Waals surface area contributed by atoms with E-state index in [1.54, 1.807) is 7.05 Å². The fourth-order valence-electron chi connectivity index (χ4n) is 1.90. The van der Waals surface area contributed by atoms with Crippen LogP contribution in [0.4, 0.5) is 8.78 Å². The normalized spacial score (nSPS) is 38.1. The maximum Gasteiger partial charge on any atom is 0.241 e. The van der Waals surface area contributed by atoms with Gasteiger partial charge in [-0.15, -0.1) is 0 Å². The number of rotatable bonds is 2. The summed E-state index contributed by atoms with van der Waals surface area (Å²) in [5.41, 5.74) is -0.0406. The molecule has 0 spiro atoms. The van der Waals surface area contributed by atoms with Crippen molar-refractivity contribution in [2.24, 2.45) is 4.99 Å². The lowest BCUT2D eigenvalue weighted by molar-refractivity contribution is -0.0461. The molecule has 3 atom stereocenters. The van der Waals surface area contributed by atoms with Crippen molar-refractivity contribution in [1.29, 1.82) is 0 Å². The van der Waals surface area contributed by atoms with Crippen LogP contribution in [0.25, 0.3) is 0 Å². The van der Waals surface area contributed by atoms with E-state index in [0.717, 1.165) is 11.6 Å². The lowest BCUT2D eigenvalue weighted by Gasteiger charge is -2.30. The highest BCUT2D eigenvalue weighted by Crippen LogP contribution is 2.34. The molecule has 0 aromatic rings. The minimum absolute atomic E-state index is 0.0406. The molecule has 2 aliphatic heterocycles. The molecule has 2 rings (SSSR count). The van der Waals surface area contributed by atoms with Gasteiger partial charge in [0.25, 0.3) is 0 Å². The number of amidine groups is 1. The number of ether oxygens (including phenoxy) is 1. The smallest absolute Gasteiger partial charge is 0.241 e. The van der Waals surface area contributed by atoms with Crippen molar-refractivity contribution in [3.63, 3.8) is 0 Å². The second-order valence-electron chi connectivity index (χ2n) is 3.73. The van der Waals surface area contributed by atoms with Crippen molar-refractivity contribution >= 4 is 16.9 Å². The molecule has 3 nitrogen and oxygen atoms in total. The highest BCUT2D eigenvalue weighted by atomic mass is 32.2. The predicted molar refractivity (Wildman–Crippen MR) is 56.4 cm³/mol. The molecule has 0 saturated carbocycles. The average molecular weight is 236 g/mol. The predicted octanol–water partition coefficient (Wildman–Crippen LogP) is 1.84. The Hall–Kier alpha value is -0.360. The Morgan fingerprint density at radius 3 is 3.07 bits per heavy atom. The van der Waals surface area contributed by atoms with Crippen molar-refractivity contribution in [3.05, 3.63) is 0 Å². The largest absolute Gasteiger partial charge is 0.362 e. The van der Waals surface area contributed by atoms with Crippen molar-refractivity contribution in [2.45, 2.75) is 43.3 Å². The first-order chi connectivity index (χ1) is 7.19. The number of hydrogen-bond donors (Lipinski definition) is 1. The van der Waals surface area contributed by atoms with Gasteiger partial charge in [-0.2, -0.15) is 0 Å². The van der Waals surface area contributed by atoms with E-state index in [4.69, 9.17) is 4.74 Å². The van der Waals surface area contributed by atoms with Gasteiger partial charge in [0.2, 0.25) is 6.43 Å². The van der Waals surface area contributed by atoms with Gasteiger partial charge in [0.15, 0.2) is 5.17 Å². The molecule has 0 aromatic carbocycles. The van der Waals surface area contributed by atoms with Crippen molar-refractivity contribution in [2.75, 3.05) is 7.05 Å². The van der Waals surface area contributed by atoms with Gasteiger partial charge in [-0.25, -0.2) is 8.78 Å². The summed E-state index contributed by atoms with van der Waals surface area (Å²) in [6, 6.07) is 0.239. The zero-order valence-electron chi connectivity index (χ0n) is 8.45. The summed E-state index contributed by atoms with van der Waals surface area (Å²) >= 11 is 1.50. The Morgan fingerprint density at radius 2 is 2.40 bits per heavy atom. The third-order valence-electron chi connectivity index (χ3n) is 2.64. The minimum atomic E-state index is -2.27. The summed E-state index contributed by atoms with van der Waals surface area (Å²) in [6.07, 6.45) is -1.13. The Morgan fingerprint density at radius 1 is 1.60 bits per heavy atom. The van der Waals surface area contributed by atoms with E-state index >= 15 is 0 Å². The van der Waals surface area contributed by atoms with Gasteiger partial charge in [0, 0.05) is 13.5 Å². The molecule has 0 bridgehead atoms. The standard InChI is InChI=1S/C9H14F2N2OS/c1-12-9-13-6-3-2-5(4-7(10)11)14-8(6)15-9/h5-8H,2-4H2,1H3,(H,12,13)/t5-,6-,8-/m1/s1.